The SMILES string of the molecule is C[C@@](N)(Cc1ccccc1)c1nnc(CCc2c[nH]c3ccccc23)o1. The maximum absolute atomic E-state index is 6.45. The summed E-state index contributed by atoms with van der Waals surface area (Å²) in [6, 6.07) is 18.4. The minimum Gasteiger partial charge on any atom is -0.423 e. The highest BCUT2D eigenvalue weighted by molar-refractivity contribution is 5.83. The highest BCUT2D eigenvalue weighted by atomic mass is 16.4. The van der Waals surface area contributed by atoms with Crippen LogP contribution in [0.2, 0.25) is 0 Å². The molecule has 0 fully saturated rings. The van der Waals surface area contributed by atoms with Crippen LogP contribution in [-0.4, -0.2) is 15.2 Å². The summed E-state index contributed by atoms with van der Waals surface area (Å²) in [5.41, 5.74) is 9.30. The number of nitrogens with zero attached hydrogens (tertiary/aromatic N) is 2. The maximum atomic E-state index is 6.45. The van der Waals surface area contributed by atoms with E-state index in [2.05, 4.69) is 39.4 Å². The van der Waals surface area contributed by atoms with Crippen molar-refractivity contribution in [2.24, 2.45) is 5.73 Å². The maximum Gasteiger partial charge on any atom is 0.236 e. The summed E-state index contributed by atoms with van der Waals surface area (Å²) >= 11 is 0. The molecule has 3 N–H and O–H groups in total. The van der Waals surface area contributed by atoms with Crippen LogP contribution in [-0.2, 0) is 24.8 Å². The van der Waals surface area contributed by atoms with Gasteiger partial charge in [0.2, 0.25) is 11.8 Å². The monoisotopic (exact) mass is 346 g/mol. The molecule has 0 spiro atoms. The molecule has 0 aliphatic heterocycles. The minimum atomic E-state index is -0.687. The highest BCUT2D eigenvalue weighted by Gasteiger charge is 2.28. The molecule has 0 bridgehead atoms. The van der Waals surface area contributed by atoms with Crippen molar-refractivity contribution in [3.8, 4) is 0 Å². The second-order valence-corrected chi connectivity index (χ2v) is 6.94. The molecule has 0 saturated carbocycles. The van der Waals surface area contributed by atoms with Crippen LogP contribution in [0.15, 0.2) is 65.2 Å². The van der Waals surface area contributed by atoms with Gasteiger partial charge in [-0.1, -0.05) is 48.5 Å². The van der Waals surface area contributed by atoms with E-state index in [0.29, 0.717) is 24.6 Å². The van der Waals surface area contributed by atoms with E-state index in [4.69, 9.17) is 10.2 Å². The summed E-state index contributed by atoms with van der Waals surface area (Å²) in [5.74, 6) is 1.10. The molecule has 0 radical (unpaired) electrons. The van der Waals surface area contributed by atoms with E-state index in [1.54, 1.807) is 0 Å². The summed E-state index contributed by atoms with van der Waals surface area (Å²) in [5, 5.41) is 9.63. The lowest BCUT2D eigenvalue weighted by Gasteiger charge is -2.20. The van der Waals surface area contributed by atoms with Gasteiger partial charge in [-0.2, -0.15) is 0 Å². The Morgan fingerprint density at radius 1 is 1.00 bits per heavy atom. The number of nitrogens with one attached hydrogen (secondary N) is 1. The molecular weight excluding hydrogens is 324 g/mol. The van der Waals surface area contributed by atoms with Gasteiger partial charge >= 0.3 is 0 Å². The van der Waals surface area contributed by atoms with Crippen LogP contribution in [0, 0.1) is 0 Å². The van der Waals surface area contributed by atoms with E-state index in [9.17, 15) is 0 Å². The Kier molecular flexibility index (Phi) is 4.31. The molecule has 0 unspecified atom stereocenters. The largest absolute Gasteiger partial charge is 0.423 e. The number of aryl methyl sites for hydroxylation is 2. The molecule has 0 saturated heterocycles. The van der Waals surface area contributed by atoms with Crippen molar-refractivity contribution in [1.82, 2.24) is 15.2 Å². The van der Waals surface area contributed by atoms with Crippen LogP contribution >= 0.6 is 0 Å². The first-order valence-corrected chi connectivity index (χ1v) is 8.82. The Morgan fingerprint density at radius 2 is 1.77 bits per heavy atom. The lowest BCUT2D eigenvalue weighted by molar-refractivity contribution is 0.336. The number of hydrogen-bond donors (Lipinski definition) is 2. The molecule has 2 heterocycles. The zero-order valence-corrected chi connectivity index (χ0v) is 14.8. The first-order valence-electron chi connectivity index (χ1n) is 8.82. The Morgan fingerprint density at radius 3 is 2.62 bits per heavy atom. The number of hydrogen-bond acceptors (Lipinski definition) is 4. The number of H-pyrrole nitrogens is 1. The molecule has 0 amide bonds. The average molecular weight is 346 g/mol. The number of fused-ring (bicyclic) bond motifs is 1. The predicted molar refractivity (Wildman–Crippen MR) is 102 cm³/mol. The third-order valence-corrected chi connectivity index (χ3v) is 4.65. The fraction of sp³-hybridized carbons (Fsp3) is 0.238. The molecule has 5 heteroatoms. The molecule has 0 aliphatic rings. The van der Waals surface area contributed by atoms with Gasteiger partial charge in [-0.3, -0.25) is 0 Å². The van der Waals surface area contributed by atoms with Crippen molar-refractivity contribution in [2.75, 3.05) is 0 Å². The Bertz CT molecular complexity index is 1000. The second kappa shape index (κ2) is 6.77. The fourth-order valence-corrected chi connectivity index (χ4v) is 3.26. The van der Waals surface area contributed by atoms with E-state index in [-0.39, 0.29) is 0 Å². The van der Waals surface area contributed by atoms with E-state index in [1.807, 2.05) is 43.5 Å². The van der Waals surface area contributed by atoms with Crippen molar-refractivity contribution < 1.29 is 4.42 Å². The number of aromatic amines is 1. The van der Waals surface area contributed by atoms with Crippen LogP contribution in [0.5, 0.6) is 0 Å². The zero-order chi connectivity index (χ0) is 18.0. The smallest absolute Gasteiger partial charge is 0.236 e. The van der Waals surface area contributed by atoms with Gasteiger partial charge in [-0.25, -0.2) is 0 Å². The van der Waals surface area contributed by atoms with Gasteiger partial charge in [-0.15, -0.1) is 10.2 Å². The lowest BCUT2D eigenvalue weighted by Crippen LogP contribution is -2.35. The summed E-state index contributed by atoms with van der Waals surface area (Å²) in [4.78, 5) is 3.29. The van der Waals surface area contributed by atoms with Crippen molar-refractivity contribution in [3.63, 3.8) is 0 Å². The van der Waals surface area contributed by atoms with E-state index in [1.165, 1.54) is 10.9 Å². The Balaban J connectivity index is 1.46. The summed E-state index contributed by atoms with van der Waals surface area (Å²) in [6.07, 6.45) is 4.23. The Labute approximate surface area is 152 Å². The van der Waals surface area contributed by atoms with Crippen LogP contribution < -0.4 is 5.73 Å². The van der Waals surface area contributed by atoms with Crippen molar-refractivity contribution >= 4 is 10.9 Å². The molecule has 4 rings (SSSR count). The van der Waals surface area contributed by atoms with Crippen molar-refractivity contribution in [1.29, 1.82) is 0 Å². The van der Waals surface area contributed by atoms with Gasteiger partial charge in [0.05, 0.1) is 5.54 Å². The van der Waals surface area contributed by atoms with Gasteiger partial charge in [0.1, 0.15) is 0 Å². The standard InChI is InChI=1S/C21H22N4O/c1-21(22,13-15-7-3-2-4-8-15)20-25-24-19(26-20)12-11-16-14-23-18-10-6-5-9-17(16)18/h2-10,14,23H,11-13,22H2,1H3/t21-/m1/s1. The number of rotatable bonds is 6. The molecule has 2 aromatic heterocycles. The normalized spacial score (nSPS) is 13.8. The highest BCUT2D eigenvalue weighted by Crippen LogP contribution is 2.23. The fourth-order valence-electron chi connectivity index (χ4n) is 3.26. The van der Waals surface area contributed by atoms with Crippen LogP contribution in [0.3, 0.4) is 0 Å². The second-order valence-electron chi connectivity index (χ2n) is 6.94. The average Bonchev–Trinajstić information content (AvgIpc) is 3.28. The molecule has 1 atom stereocenters. The molecule has 26 heavy (non-hydrogen) atoms. The molecule has 5 nitrogen and oxygen atoms in total. The van der Waals surface area contributed by atoms with Crippen LogP contribution in [0.1, 0.15) is 29.8 Å². The van der Waals surface area contributed by atoms with Gasteiger partial charge in [0.15, 0.2) is 0 Å². The molecular formula is C21H22N4O. The first-order chi connectivity index (χ1) is 12.6. The molecule has 2 aromatic carbocycles. The van der Waals surface area contributed by atoms with Crippen LogP contribution in [0.25, 0.3) is 10.9 Å². The third-order valence-electron chi connectivity index (χ3n) is 4.65. The van der Waals surface area contributed by atoms with Crippen molar-refractivity contribution in [2.45, 2.75) is 31.7 Å². The van der Waals surface area contributed by atoms with Gasteiger partial charge in [-0.05, 0) is 37.0 Å². The number of nitrogens with two attached hydrogens (primary N) is 1. The zero-order valence-electron chi connectivity index (χ0n) is 14.8. The molecule has 0 aliphatic carbocycles. The minimum absolute atomic E-state index is 0.482. The quantitative estimate of drug-likeness (QED) is 0.557. The molecule has 132 valence electrons. The lowest BCUT2D eigenvalue weighted by atomic mass is 9.94. The van der Waals surface area contributed by atoms with Crippen molar-refractivity contribution in [3.05, 3.63) is 83.7 Å². The first kappa shape index (κ1) is 16.5. The summed E-state index contributed by atoms with van der Waals surface area (Å²) in [6.45, 7) is 1.93. The number of para-hydroxylation sites is 1. The van der Waals surface area contributed by atoms with Crippen LogP contribution in [0.4, 0.5) is 0 Å². The Hall–Kier alpha value is -2.92. The van der Waals surface area contributed by atoms with Gasteiger partial charge < -0.3 is 15.1 Å². The number of benzene rings is 2. The summed E-state index contributed by atoms with van der Waals surface area (Å²) in [7, 11) is 0. The van der Waals surface area contributed by atoms with Gasteiger partial charge in [0.25, 0.3) is 0 Å². The van der Waals surface area contributed by atoms with E-state index in [0.717, 1.165) is 17.5 Å². The van der Waals surface area contributed by atoms with E-state index < -0.39 is 5.54 Å². The predicted octanol–water partition coefficient (Wildman–Crippen LogP) is 3.75. The van der Waals surface area contributed by atoms with Gasteiger partial charge in [0, 0.05) is 23.5 Å². The molecule has 4 aromatic rings. The van der Waals surface area contributed by atoms with E-state index >= 15 is 0 Å². The topological polar surface area (TPSA) is 80.7 Å². The number of aromatic nitrogens is 3. The summed E-state index contributed by atoms with van der Waals surface area (Å²) < 4.78 is 5.87. The third kappa shape index (κ3) is 3.39.